The van der Waals surface area contributed by atoms with Gasteiger partial charge in [-0.15, -0.1) is 0 Å². The molecule has 1 amide bonds. The topological polar surface area (TPSA) is 278 Å². The van der Waals surface area contributed by atoms with Gasteiger partial charge in [0.25, 0.3) is 11.1 Å². The van der Waals surface area contributed by atoms with Crippen molar-refractivity contribution in [2.24, 2.45) is 12.8 Å². The molecule has 430 valence electrons. The lowest BCUT2D eigenvalue weighted by atomic mass is 10.0. The molecule has 2 aliphatic rings. The first-order valence-electron chi connectivity index (χ1n) is 24.8. The molecule has 2 fully saturated rings. The minimum Gasteiger partial charge on any atom is -0.478 e. The lowest BCUT2D eigenvalue weighted by molar-refractivity contribution is -0.138. The number of pyridine rings is 1. The number of nitrogens with one attached hydrogen (secondary N) is 2. The molecule has 4 aromatic carbocycles. The summed E-state index contributed by atoms with van der Waals surface area (Å²) in [6.45, 7) is 7.39. The third-order valence-corrected chi connectivity index (χ3v) is 13.7. The first-order valence-corrected chi connectivity index (χ1v) is 27.8. The second kappa shape index (κ2) is 26.2. The van der Waals surface area contributed by atoms with Crippen LogP contribution in [-0.2, 0) is 40.1 Å². The summed E-state index contributed by atoms with van der Waals surface area (Å²) in [6.07, 6.45) is 0.184. The minimum absolute atomic E-state index is 0.0709. The summed E-state index contributed by atoms with van der Waals surface area (Å²) in [6, 6.07) is 18.5. The Morgan fingerprint density at radius 2 is 1.51 bits per heavy atom. The van der Waals surface area contributed by atoms with Crippen LogP contribution in [0.3, 0.4) is 0 Å². The normalized spacial score (nSPS) is 13.5. The molecule has 1 saturated heterocycles. The summed E-state index contributed by atoms with van der Waals surface area (Å²) in [7, 11) is 0.884. The lowest BCUT2D eigenvalue weighted by Crippen LogP contribution is -2.50. The molecule has 0 radical (unpaired) electrons. The van der Waals surface area contributed by atoms with Crippen molar-refractivity contribution in [1.29, 1.82) is 0 Å². The number of aromatic nitrogens is 5. The van der Waals surface area contributed by atoms with Crippen molar-refractivity contribution in [2.75, 3.05) is 74.2 Å². The second-order valence-electron chi connectivity index (χ2n) is 19.2. The summed E-state index contributed by atoms with van der Waals surface area (Å²) in [5.41, 5.74) is 5.28. The number of fused-ring (bicyclic) bond motifs is 2. The molecule has 1 aliphatic heterocycles. The zero-order valence-electron chi connectivity index (χ0n) is 44.8. The molecule has 0 spiro atoms. The highest BCUT2D eigenvalue weighted by Gasteiger charge is 2.34. The van der Waals surface area contributed by atoms with E-state index in [9.17, 15) is 50.8 Å². The van der Waals surface area contributed by atoms with Gasteiger partial charge in [-0.2, -0.15) is 13.2 Å². The molecule has 1 aliphatic carbocycles. The predicted molar refractivity (Wildman–Crippen MR) is 307 cm³/mol. The number of aromatic carboxylic acids is 1. The van der Waals surface area contributed by atoms with Gasteiger partial charge in [-0.05, 0) is 122 Å². The molecule has 4 heterocycles. The number of amides is 1. The number of ether oxygens (including phenoxy) is 1. The predicted octanol–water partition coefficient (Wildman–Crippen LogP) is 5.85. The Morgan fingerprint density at radius 1 is 0.887 bits per heavy atom. The smallest absolute Gasteiger partial charge is 0.416 e. The van der Waals surface area contributed by atoms with Gasteiger partial charge < -0.3 is 51.0 Å². The van der Waals surface area contributed by atoms with Gasteiger partial charge in [0, 0.05) is 83.5 Å². The first kappa shape index (κ1) is 62.4. The SMILES string of the molecule is CC(=O)Nc1cccc(-n2c(=O)n(C3CC3)c(=O)c3c(Nc4ccc(I)cc4F)n(C)c(=O)c(C)c32)c1.CS(C)=O.Cc1c(Cn2c(C)nc3c(C(=O)O)cc(N4CCOCC4)cc32)cccc1C(F)(F)F.NC(CO)(CO)CO. The molecule has 80 heavy (non-hydrogen) atoms. The van der Waals surface area contributed by atoms with Gasteiger partial charge in [-0.3, -0.25) is 32.3 Å². The molecule has 20 nitrogen and oxygen atoms in total. The molecule has 1 saturated carbocycles. The minimum atomic E-state index is -4.44. The first-order chi connectivity index (χ1) is 37.7. The highest BCUT2D eigenvalue weighted by atomic mass is 127. The number of hydrogen-bond donors (Lipinski definition) is 7. The zero-order valence-corrected chi connectivity index (χ0v) is 47.8. The van der Waals surface area contributed by atoms with Gasteiger partial charge in [0.15, 0.2) is 0 Å². The fraction of sp³-hybridized carbons (Fsp3) is 0.370. The van der Waals surface area contributed by atoms with E-state index in [-0.39, 0.29) is 57.6 Å². The highest BCUT2D eigenvalue weighted by molar-refractivity contribution is 14.1. The van der Waals surface area contributed by atoms with Crippen molar-refractivity contribution in [2.45, 2.75) is 64.8 Å². The molecule has 0 bridgehead atoms. The van der Waals surface area contributed by atoms with Crippen molar-refractivity contribution in [3.05, 3.63) is 147 Å². The number of halogens is 5. The number of hydrogen-bond acceptors (Lipinski definition) is 14. The molecule has 8 N–H and O–H groups in total. The number of carboxylic acids is 1. The van der Waals surface area contributed by atoms with E-state index in [2.05, 4.69) is 15.6 Å². The van der Waals surface area contributed by atoms with Crippen LogP contribution in [0.15, 0.2) is 87.2 Å². The average Bonchev–Trinajstić information content (AvgIpc) is 4.24. The van der Waals surface area contributed by atoms with Crippen LogP contribution in [0.5, 0.6) is 0 Å². The number of aliphatic hydroxyl groups excluding tert-OH is 3. The molecule has 0 atom stereocenters. The third kappa shape index (κ3) is 14.4. The Bertz CT molecular complexity index is 3650. The number of alkyl halides is 3. The third-order valence-electron chi connectivity index (χ3n) is 13.0. The van der Waals surface area contributed by atoms with E-state index in [1.165, 1.54) is 52.8 Å². The van der Waals surface area contributed by atoms with E-state index >= 15 is 0 Å². The molecular formula is C54H62F4IN9O11S. The van der Waals surface area contributed by atoms with Crippen molar-refractivity contribution in [3.8, 4) is 5.69 Å². The average molecular weight is 1250 g/mol. The van der Waals surface area contributed by atoms with Gasteiger partial charge >= 0.3 is 17.8 Å². The van der Waals surface area contributed by atoms with Crippen molar-refractivity contribution < 1.29 is 56.5 Å². The maximum absolute atomic E-state index is 14.8. The van der Waals surface area contributed by atoms with E-state index in [0.29, 0.717) is 76.5 Å². The summed E-state index contributed by atoms with van der Waals surface area (Å²) in [4.78, 5) is 71.0. The molecule has 7 aromatic rings. The summed E-state index contributed by atoms with van der Waals surface area (Å²) >= 11 is 1.99. The molecule has 9 rings (SSSR count). The van der Waals surface area contributed by atoms with Crippen LogP contribution in [-0.4, -0.2) is 124 Å². The summed E-state index contributed by atoms with van der Waals surface area (Å²) in [5.74, 6) is -1.31. The lowest BCUT2D eigenvalue weighted by Gasteiger charge is -2.29. The van der Waals surface area contributed by atoms with E-state index in [1.54, 1.807) is 73.4 Å². The van der Waals surface area contributed by atoms with Crippen molar-refractivity contribution >= 4 is 90.1 Å². The van der Waals surface area contributed by atoms with Crippen molar-refractivity contribution in [3.63, 3.8) is 0 Å². The number of benzene rings is 4. The van der Waals surface area contributed by atoms with E-state index in [0.717, 1.165) is 11.8 Å². The van der Waals surface area contributed by atoms with Crippen LogP contribution in [0.2, 0.25) is 0 Å². The fourth-order valence-corrected chi connectivity index (χ4v) is 9.13. The number of aliphatic hydroxyl groups is 3. The zero-order chi connectivity index (χ0) is 59.1. The van der Waals surface area contributed by atoms with E-state index in [1.807, 2.05) is 33.6 Å². The van der Waals surface area contributed by atoms with Crippen LogP contribution >= 0.6 is 22.6 Å². The highest BCUT2D eigenvalue weighted by Crippen LogP contribution is 2.36. The number of carboxylic acid groups (broad SMARTS) is 1. The van der Waals surface area contributed by atoms with Crippen LogP contribution in [0.4, 0.5) is 40.4 Å². The number of rotatable bonds is 12. The quantitative estimate of drug-likeness (QED) is 0.0558. The maximum Gasteiger partial charge on any atom is 0.416 e. The Balaban J connectivity index is 0.000000217. The number of nitrogens with two attached hydrogens (primary N) is 1. The number of nitrogens with zero attached hydrogens (tertiary/aromatic N) is 6. The maximum atomic E-state index is 14.8. The van der Waals surface area contributed by atoms with Gasteiger partial charge in [0.05, 0.1) is 72.1 Å². The van der Waals surface area contributed by atoms with Crippen LogP contribution in [0, 0.1) is 30.2 Å². The second-order valence-corrected chi connectivity index (χ2v) is 22.0. The molecule has 26 heteroatoms. The number of carbonyl (C=O) groups excluding carboxylic acids is 1. The molecule has 0 unspecified atom stereocenters. The largest absolute Gasteiger partial charge is 0.478 e. The van der Waals surface area contributed by atoms with Gasteiger partial charge in [-0.25, -0.2) is 19.0 Å². The monoisotopic (exact) mass is 1250 g/mol. The Morgan fingerprint density at radius 3 is 2.06 bits per heavy atom. The van der Waals surface area contributed by atoms with Crippen LogP contribution < -0.4 is 38.1 Å². The number of aryl methyl sites for hydroxylation is 2. The molecule has 3 aromatic heterocycles. The number of morpholine rings is 1. The summed E-state index contributed by atoms with van der Waals surface area (Å²) in [5, 5.41) is 40.5. The van der Waals surface area contributed by atoms with Gasteiger partial charge in [0.2, 0.25) is 5.91 Å². The van der Waals surface area contributed by atoms with Gasteiger partial charge in [-0.1, -0.05) is 18.2 Å². The Kier molecular flexibility index (Phi) is 20.4. The number of anilines is 4. The van der Waals surface area contributed by atoms with E-state index < -0.39 is 76.5 Å². The van der Waals surface area contributed by atoms with E-state index in [4.69, 9.17) is 25.8 Å². The Labute approximate surface area is 472 Å². The van der Waals surface area contributed by atoms with Crippen molar-refractivity contribution in [1.82, 2.24) is 23.3 Å². The van der Waals surface area contributed by atoms with Crippen LogP contribution in [0.1, 0.15) is 64.2 Å². The van der Waals surface area contributed by atoms with Gasteiger partial charge in [0.1, 0.15) is 28.4 Å². The summed E-state index contributed by atoms with van der Waals surface area (Å²) < 4.78 is 76.0. The number of imidazole rings is 1. The Hall–Kier alpha value is -6.82. The fourth-order valence-electron chi connectivity index (χ4n) is 8.67. The standard InChI is InChI=1S/C26H23FIN5O4.C22H22F3N3O3.C4H11NO3.C2H6OS/c1-13-22-21(23(31(3)24(13)35)30-20-10-7-15(28)11-19(20)27)25(36)33(17-8-9-17)26(37)32(22)18-6-4-5-16(12-18)29-14(2)34;1-13-15(4-3-5-18(13)22(23,24)25)12-28-14(2)26-20-17(21(29)30)10-16(11-19(20)28)27-6-8-31-9-7-27;5-4(1-6,2-7)3-8;1-4(2)3/h4-7,10-12,17,30H,8-9H2,1-3H3,(H,29,34);3-5,10-11H,6-9,12H2,1-2H3,(H,29,30);6-8H,1-3,5H2;1-2H3. The number of carbonyl (C=O) groups is 2. The van der Waals surface area contributed by atoms with Crippen LogP contribution in [0.25, 0.3) is 27.6 Å². The molecular weight excluding hydrogens is 1190 g/mol.